The Balaban J connectivity index is 1.46. The molecule has 0 spiro atoms. The minimum absolute atomic E-state index is 0.0456. The number of fused-ring (bicyclic) bond motifs is 1. The number of amides is 1. The van der Waals surface area contributed by atoms with Crippen molar-refractivity contribution in [3.8, 4) is 5.75 Å². The van der Waals surface area contributed by atoms with Gasteiger partial charge in [-0.2, -0.15) is 0 Å². The van der Waals surface area contributed by atoms with Crippen LogP contribution in [-0.4, -0.2) is 24.8 Å². The highest BCUT2D eigenvalue weighted by Gasteiger charge is 2.25. The van der Waals surface area contributed by atoms with Crippen LogP contribution in [-0.2, 0) is 11.2 Å². The Labute approximate surface area is 145 Å². The van der Waals surface area contributed by atoms with Crippen LogP contribution in [0.4, 0.5) is 0 Å². The van der Waals surface area contributed by atoms with Gasteiger partial charge in [0.2, 0.25) is 5.91 Å². The predicted octanol–water partition coefficient (Wildman–Crippen LogP) is 3.80. The van der Waals surface area contributed by atoms with Gasteiger partial charge in [0.25, 0.3) is 0 Å². The summed E-state index contributed by atoms with van der Waals surface area (Å²) >= 11 is 7.74. The summed E-state index contributed by atoms with van der Waals surface area (Å²) in [6.45, 7) is 1.07. The van der Waals surface area contributed by atoms with E-state index in [9.17, 15) is 4.79 Å². The summed E-state index contributed by atoms with van der Waals surface area (Å²) in [7, 11) is 0. The molecular formula is C18H18ClNO2S. The summed E-state index contributed by atoms with van der Waals surface area (Å²) in [6.07, 6.45) is 0.674. The maximum Gasteiger partial charge on any atom is 0.226 e. The monoisotopic (exact) mass is 347 g/mol. The van der Waals surface area contributed by atoms with E-state index in [1.807, 2.05) is 36.4 Å². The molecule has 1 heterocycles. The first-order valence-corrected chi connectivity index (χ1v) is 8.95. The zero-order valence-corrected chi connectivity index (χ0v) is 14.2. The molecule has 5 heteroatoms. The normalized spacial score (nSPS) is 16.3. The first kappa shape index (κ1) is 16.2. The lowest BCUT2D eigenvalue weighted by Gasteiger charge is -2.24. The highest BCUT2D eigenvalue weighted by molar-refractivity contribution is 7.99. The smallest absolute Gasteiger partial charge is 0.226 e. The number of carbonyl (C=O) groups excluding carboxylic acids is 1. The molecule has 0 aromatic heterocycles. The average molecular weight is 348 g/mol. The fourth-order valence-electron chi connectivity index (χ4n) is 2.54. The van der Waals surface area contributed by atoms with Crippen molar-refractivity contribution in [3.05, 3.63) is 59.1 Å². The van der Waals surface area contributed by atoms with E-state index >= 15 is 0 Å². The van der Waals surface area contributed by atoms with Crippen LogP contribution in [0.15, 0.2) is 53.4 Å². The van der Waals surface area contributed by atoms with Gasteiger partial charge < -0.3 is 10.1 Å². The predicted molar refractivity (Wildman–Crippen MR) is 94.3 cm³/mol. The van der Waals surface area contributed by atoms with Crippen LogP contribution < -0.4 is 10.1 Å². The van der Waals surface area contributed by atoms with Crippen LogP contribution in [0, 0.1) is 5.92 Å². The molecule has 3 nitrogen and oxygen atoms in total. The molecule has 0 bridgehead atoms. The first-order valence-electron chi connectivity index (χ1n) is 7.59. The number of hydrogen-bond donors (Lipinski definition) is 1. The SMILES string of the molecule is O=C(NCCSc1ccccc1)[C@@H]1COc2ccc(Cl)cc2C1. The Kier molecular flexibility index (Phi) is 5.47. The number of nitrogens with one attached hydrogen (secondary N) is 1. The Bertz CT molecular complexity index is 678. The van der Waals surface area contributed by atoms with Gasteiger partial charge in [-0.25, -0.2) is 0 Å². The van der Waals surface area contributed by atoms with Crippen molar-refractivity contribution in [2.45, 2.75) is 11.3 Å². The second-order valence-corrected chi connectivity index (χ2v) is 7.02. The lowest BCUT2D eigenvalue weighted by atomic mass is 9.96. The van der Waals surface area contributed by atoms with Gasteiger partial charge in [0, 0.05) is 22.2 Å². The number of ether oxygens (including phenoxy) is 1. The van der Waals surface area contributed by atoms with Crippen LogP contribution in [0.5, 0.6) is 5.75 Å². The summed E-state index contributed by atoms with van der Waals surface area (Å²) in [5.74, 6) is 1.58. The summed E-state index contributed by atoms with van der Waals surface area (Å²) in [6, 6.07) is 15.7. The van der Waals surface area contributed by atoms with Gasteiger partial charge in [-0.15, -0.1) is 11.8 Å². The fraction of sp³-hybridized carbons (Fsp3) is 0.278. The second-order valence-electron chi connectivity index (χ2n) is 5.42. The Hall–Kier alpha value is -1.65. The van der Waals surface area contributed by atoms with Crippen LogP contribution >= 0.6 is 23.4 Å². The lowest BCUT2D eigenvalue weighted by molar-refractivity contribution is -0.126. The highest BCUT2D eigenvalue weighted by Crippen LogP contribution is 2.29. The molecule has 0 unspecified atom stereocenters. The van der Waals surface area contributed by atoms with Gasteiger partial charge in [-0.05, 0) is 42.3 Å². The molecule has 0 saturated heterocycles. The molecule has 1 aliphatic rings. The molecule has 1 N–H and O–H groups in total. The molecule has 2 aromatic carbocycles. The third-order valence-corrected chi connectivity index (χ3v) is 4.96. The van der Waals surface area contributed by atoms with Gasteiger partial charge in [-0.3, -0.25) is 4.79 Å². The molecule has 3 rings (SSSR count). The van der Waals surface area contributed by atoms with E-state index in [0.29, 0.717) is 24.6 Å². The Morgan fingerprint density at radius 1 is 1.26 bits per heavy atom. The maximum absolute atomic E-state index is 12.3. The number of carbonyl (C=O) groups is 1. The standard InChI is InChI=1S/C18H18ClNO2S/c19-15-6-7-17-13(11-15)10-14(12-22-17)18(21)20-8-9-23-16-4-2-1-3-5-16/h1-7,11,14H,8-10,12H2,(H,20,21)/t14-/m0/s1. The van der Waals surface area contributed by atoms with E-state index in [0.717, 1.165) is 17.1 Å². The summed E-state index contributed by atoms with van der Waals surface area (Å²) < 4.78 is 5.66. The fourth-order valence-corrected chi connectivity index (χ4v) is 3.52. The number of halogens is 1. The molecule has 2 aromatic rings. The number of hydrogen-bond acceptors (Lipinski definition) is 3. The number of rotatable bonds is 5. The Morgan fingerprint density at radius 2 is 2.09 bits per heavy atom. The summed E-state index contributed by atoms with van der Waals surface area (Å²) in [5.41, 5.74) is 1.00. The van der Waals surface area contributed by atoms with E-state index in [1.54, 1.807) is 11.8 Å². The van der Waals surface area contributed by atoms with Crippen molar-refractivity contribution in [1.82, 2.24) is 5.32 Å². The molecule has 0 fully saturated rings. The van der Waals surface area contributed by atoms with Gasteiger partial charge in [0.1, 0.15) is 12.4 Å². The zero-order valence-electron chi connectivity index (χ0n) is 12.6. The Morgan fingerprint density at radius 3 is 2.91 bits per heavy atom. The van der Waals surface area contributed by atoms with Gasteiger partial charge in [0.15, 0.2) is 0 Å². The van der Waals surface area contributed by atoms with Crippen LogP contribution in [0.1, 0.15) is 5.56 Å². The van der Waals surface area contributed by atoms with Crippen molar-refractivity contribution in [3.63, 3.8) is 0 Å². The quantitative estimate of drug-likeness (QED) is 0.660. The summed E-state index contributed by atoms with van der Waals surface area (Å²) in [5, 5.41) is 3.67. The molecule has 0 radical (unpaired) electrons. The third-order valence-electron chi connectivity index (χ3n) is 3.71. The molecule has 1 atom stereocenters. The molecule has 120 valence electrons. The highest BCUT2D eigenvalue weighted by atomic mass is 35.5. The molecular weight excluding hydrogens is 330 g/mol. The van der Waals surface area contributed by atoms with E-state index < -0.39 is 0 Å². The molecule has 23 heavy (non-hydrogen) atoms. The van der Waals surface area contributed by atoms with Gasteiger partial charge >= 0.3 is 0 Å². The van der Waals surface area contributed by atoms with E-state index in [4.69, 9.17) is 16.3 Å². The van der Waals surface area contributed by atoms with Gasteiger partial charge in [0.05, 0.1) is 5.92 Å². The minimum atomic E-state index is -0.150. The van der Waals surface area contributed by atoms with E-state index in [1.165, 1.54) is 4.90 Å². The topological polar surface area (TPSA) is 38.3 Å². The van der Waals surface area contributed by atoms with E-state index in [-0.39, 0.29) is 11.8 Å². The van der Waals surface area contributed by atoms with Crippen molar-refractivity contribution in [1.29, 1.82) is 0 Å². The molecule has 0 aliphatic carbocycles. The molecule has 1 amide bonds. The second kappa shape index (κ2) is 7.75. The minimum Gasteiger partial charge on any atom is -0.492 e. The van der Waals surface area contributed by atoms with E-state index in [2.05, 4.69) is 17.4 Å². The van der Waals surface area contributed by atoms with Crippen molar-refractivity contribution in [2.75, 3.05) is 18.9 Å². The van der Waals surface area contributed by atoms with Gasteiger partial charge in [-0.1, -0.05) is 29.8 Å². The molecule has 1 aliphatic heterocycles. The number of benzene rings is 2. The third kappa shape index (κ3) is 4.43. The lowest BCUT2D eigenvalue weighted by Crippen LogP contribution is -2.38. The average Bonchev–Trinajstić information content (AvgIpc) is 2.58. The number of thioether (sulfide) groups is 1. The van der Waals surface area contributed by atoms with Crippen molar-refractivity contribution in [2.24, 2.45) is 5.92 Å². The van der Waals surface area contributed by atoms with Crippen LogP contribution in [0.3, 0.4) is 0 Å². The van der Waals surface area contributed by atoms with Crippen LogP contribution in [0.25, 0.3) is 0 Å². The van der Waals surface area contributed by atoms with Crippen molar-refractivity contribution >= 4 is 29.3 Å². The first-order chi connectivity index (χ1) is 11.2. The summed E-state index contributed by atoms with van der Waals surface area (Å²) in [4.78, 5) is 13.5. The largest absolute Gasteiger partial charge is 0.492 e. The molecule has 0 saturated carbocycles. The van der Waals surface area contributed by atoms with Crippen LogP contribution in [0.2, 0.25) is 5.02 Å². The van der Waals surface area contributed by atoms with Crippen molar-refractivity contribution < 1.29 is 9.53 Å². The maximum atomic E-state index is 12.3. The zero-order chi connectivity index (χ0) is 16.1.